The molecule has 1 heterocycles. The quantitative estimate of drug-likeness (QED) is 0.376. The second-order valence-corrected chi connectivity index (χ2v) is 1.84. The Kier molecular flexibility index (Phi) is 2.89. The third-order valence-electron chi connectivity index (χ3n) is 1.12. The molecule has 1 rings (SSSR count). The van der Waals surface area contributed by atoms with Crippen molar-refractivity contribution in [1.29, 1.82) is 0 Å². The van der Waals surface area contributed by atoms with Crippen LogP contribution in [-0.4, -0.2) is 13.3 Å². The molecule has 5 heteroatoms. The average Bonchev–Trinajstić information content (AvgIpc) is 2.07. The standard InChI is InChI=1S/C6H8N4O/c7-10-9-5-11-6-3-1-2-4-8-6/h1-3,8H,4-5H2. The van der Waals surface area contributed by atoms with Gasteiger partial charge < -0.3 is 10.1 Å². The number of allylic oxidation sites excluding steroid dienone is 2. The average molecular weight is 152 g/mol. The van der Waals surface area contributed by atoms with Gasteiger partial charge in [-0.15, -0.1) is 0 Å². The van der Waals surface area contributed by atoms with E-state index in [1.165, 1.54) is 0 Å². The van der Waals surface area contributed by atoms with E-state index in [1.54, 1.807) is 6.08 Å². The Hall–Kier alpha value is -1.61. The van der Waals surface area contributed by atoms with Crippen LogP contribution in [0, 0.1) is 0 Å². The van der Waals surface area contributed by atoms with Crippen LogP contribution in [0.2, 0.25) is 0 Å². The molecule has 0 fully saturated rings. The zero-order chi connectivity index (χ0) is 7.94. The van der Waals surface area contributed by atoms with Crippen molar-refractivity contribution in [3.05, 3.63) is 34.6 Å². The van der Waals surface area contributed by atoms with E-state index in [0.717, 1.165) is 6.54 Å². The Labute approximate surface area is 64.0 Å². The minimum atomic E-state index is 0.0309. The number of rotatable bonds is 3. The van der Waals surface area contributed by atoms with Gasteiger partial charge in [-0.05, 0) is 11.6 Å². The molecule has 0 aliphatic carbocycles. The van der Waals surface area contributed by atoms with Gasteiger partial charge in [-0.3, -0.25) is 0 Å². The first-order valence-electron chi connectivity index (χ1n) is 3.18. The lowest BCUT2D eigenvalue weighted by atomic mass is 10.4. The number of hydrogen-bond donors (Lipinski definition) is 1. The van der Waals surface area contributed by atoms with Crippen LogP contribution in [0.25, 0.3) is 10.4 Å². The number of azide groups is 1. The number of dihydropyridines is 1. The highest BCUT2D eigenvalue weighted by Crippen LogP contribution is 1.97. The Morgan fingerprint density at radius 3 is 3.36 bits per heavy atom. The Morgan fingerprint density at radius 2 is 2.73 bits per heavy atom. The van der Waals surface area contributed by atoms with E-state index >= 15 is 0 Å². The highest BCUT2D eigenvalue weighted by Gasteiger charge is 1.95. The van der Waals surface area contributed by atoms with Crippen molar-refractivity contribution in [2.24, 2.45) is 5.11 Å². The fourth-order valence-corrected chi connectivity index (χ4v) is 0.665. The van der Waals surface area contributed by atoms with Gasteiger partial charge in [0.25, 0.3) is 0 Å². The van der Waals surface area contributed by atoms with Crippen molar-refractivity contribution in [3.8, 4) is 0 Å². The van der Waals surface area contributed by atoms with Crippen LogP contribution in [0.5, 0.6) is 0 Å². The molecule has 0 spiro atoms. The van der Waals surface area contributed by atoms with E-state index in [9.17, 15) is 0 Å². The van der Waals surface area contributed by atoms with Gasteiger partial charge >= 0.3 is 0 Å². The van der Waals surface area contributed by atoms with Gasteiger partial charge in [0.15, 0.2) is 12.6 Å². The van der Waals surface area contributed by atoms with E-state index < -0.39 is 0 Å². The second-order valence-electron chi connectivity index (χ2n) is 1.84. The summed E-state index contributed by atoms with van der Waals surface area (Å²) in [6.45, 7) is 0.783. The van der Waals surface area contributed by atoms with Crippen LogP contribution in [0.15, 0.2) is 29.2 Å². The molecule has 0 bridgehead atoms. The Balaban J connectivity index is 2.30. The van der Waals surface area contributed by atoms with E-state index in [2.05, 4.69) is 15.3 Å². The normalized spacial score (nSPS) is 14.4. The van der Waals surface area contributed by atoms with Gasteiger partial charge in [0.05, 0.1) is 0 Å². The zero-order valence-corrected chi connectivity index (χ0v) is 5.90. The molecule has 5 nitrogen and oxygen atoms in total. The van der Waals surface area contributed by atoms with Crippen molar-refractivity contribution in [2.45, 2.75) is 0 Å². The molecular weight excluding hydrogens is 144 g/mol. The SMILES string of the molecule is [N-]=[N+]=NCOC1=CC=CCN1. The van der Waals surface area contributed by atoms with Gasteiger partial charge in [0.1, 0.15) is 0 Å². The molecule has 0 aromatic heterocycles. The second kappa shape index (κ2) is 4.24. The van der Waals surface area contributed by atoms with Crippen molar-refractivity contribution in [3.63, 3.8) is 0 Å². The minimum absolute atomic E-state index is 0.0309. The minimum Gasteiger partial charge on any atom is -0.473 e. The van der Waals surface area contributed by atoms with E-state index in [1.807, 2.05) is 12.2 Å². The largest absolute Gasteiger partial charge is 0.473 e. The fraction of sp³-hybridized carbons (Fsp3) is 0.333. The van der Waals surface area contributed by atoms with Crippen molar-refractivity contribution in [1.82, 2.24) is 5.32 Å². The van der Waals surface area contributed by atoms with Crippen molar-refractivity contribution >= 4 is 0 Å². The molecular formula is C6H8N4O. The molecule has 58 valence electrons. The van der Waals surface area contributed by atoms with Crippen LogP contribution in [0.4, 0.5) is 0 Å². The molecule has 0 aromatic rings. The van der Waals surface area contributed by atoms with E-state index in [0.29, 0.717) is 5.88 Å². The lowest BCUT2D eigenvalue weighted by Crippen LogP contribution is -2.17. The summed E-state index contributed by atoms with van der Waals surface area (Å²) in [5.41, 5.74) is 7.92. The van der Waals surface area contributed by atoms with E-state index in [-0.39, 0.29) is 6.73 Å². The summed E-state index contributed by atoms with van der Waals surface area (Å²) in [4.78, 5) is 2.55. The van der Waals surface area contributed by atoms with Gasteiger partial charge in [0.2, 0.25) is 0 Å². The molecule has 1 N–H and O–H groups in total. The molecule has 1 aliphatic heterocycles. The highest BCUT2D eigenvalue weighted by molar-refractivity contribution is 5.12. The first kappa shape index (κ1) is 7.50. The summed E-state index contributed by atoms with van der Waals surface area (Å²) in [7, 11) is 0. The first-order valence-corrected chi connectivity index (χ1v) is 3.18. The molecule has 0 radical (unpaired) electrons. The summed E-state index contributed by atoms with van der Waals surface area (Å²) in [6, 6.07) is 0. The first-order chi connectivity index (χ1) is 5.43. The molecule has 0 amide bonds. The molecule has 0 aromatic carbocycles. The van der Waals surface area contributed by atoms with Gasteiger partial charge in [0, 0.05) is 11.5 Å². The van der Waals surface area contributed by atoms with Gasteiger partial charge in [-0.2, -0.15) is 0 Å². The summed E-state index contributed by atoms with van der Waals surface area (Å²) < 4.78 is 5.00. The Bertz CT molecular complexity index is 227. The lowest BCUT2D eigenvalue weighted by Gasteiger charge is -2.10. The highest BCUT2D eigenvalue weighted by atomic mass is 16.5. The maximum absolute atomic E-state index is 7.92. The predicted octanol–water partition coefficient (Wildman–Crippen LogP) is 1.27. The molecule has 0 unspecified atom stereocenters. The van der Waals surface area contributed by atoms with Gasteiger partial charge in [-0.25, -0.2) is 0 Å². The maximum Gasteiger partial charge on any atom is 0.186 e. The molecule has 0 saturated heterocycles. The molecule has 0 atom stereocenters. The summed E-state index contributed by atoms with van der Waals surface area (Å²) in [6.07, 6.45) is 5.61. The van der Waals surface area contributed by atoms with E-state index in [4.69, 9.17) is 10.3 Å². The smallest absolute Gasteiger partial charge is 0.186 e. The van der Waals surface area contributed by atoms with Crippen LogP contribution >= 0.6 is 0 Å². The maximum atomic E-state index is 7.92. The lowest BCUT2D eigenvalue weighted by molar-refractivity contribution is 0.200. The number of nitrogens with one attached hydrogen (secondary N) is 1. The monoisotopic (exact) mass is 152 g/mol. The van der Waals surface area contributed by atoms with Crippen LogP contribution in [0.1, 0.15) is 0 Å². The van der Waals surface area contributed by atoms with Crippen LogP contribution in [-0.2, 0) is 4.74 Å². The van der Waals surface area contributed by atoms with Crippen molar-refractivity contribution in [2.75, 3.05) is 13.3 Å². The molecule has 1 aliphatic rings. The fourth-order valence-electron chi connectivity index (χ4n) is 0.665. The topological polar surface area (TPSA) is 70.0 Å². The third-order valence-corrected chi connectivity index (χ3v) is 1.12. The Morgan fingerprint density at radius 1 is 1.82 bits per heavy atom. The summed E-state index contributed by atoms with van der Waals surface area (Å²) in [5, 5.41) is 6.17. The van der Waals surface area contributed by atoms with Crippen molar-refractivity contribution < 1.29 is 4.74 Å². The van der Waals surface area contributed by atoms with Crippen LogP contribution < -0.4 is 5.32 Å². The third kappa shape index (κ3) is 2.64. The number of nitrogens with zero attached hydrogens (tertiary/aromatic N) is 3. The molecule has 0 saturated carbocycles. The number of ether oxygens (including phenoxy) is 1. The zero-order valence-electron chi connectivity index (χ0n) is 5.90. The summed E-state index contributed by atoms with van der Waals surface area (Å²) in [5.74, 6) is 0.639. The number of hydrogen-bond acceptors (Lipinski definition) is 3. The van der Waals surface area contributed by atoms with Crippen LogP contribution in [0.3, 0.4) is 0 Å². The van der Waals surface area contributed by atoms with Gasteiger partial charge in [-0.1, -0.05) is 17.3 Å². The molecule has 11 heavy (non-hydrogen) atoms. The summed E-state index contributed by atoms with van der Waals surface area (Å²) >= 11 is 0. The predicted molar refractivity (Wildman–Crippen MR) is 40.3 cm³/mol.